The van der Waals surface area contributed by atoms with Gasteiger partial charge in [0, 0.05) is 25.7 Å². The van der Waals surface area contributed by atoms with E-state index in [4.69, 9.17) is 5.11 Å². The first kappa shape index (κ1) is 17.2. The van der Waals surface area contributed by atoms with Crippen molar-refractivity contribution >= 4 is 22.8 Å². The molecule has 2 unspecified atom stereocenters. The van der Waals surface area contributed by atoms with Crippen molar-refractivity contribution in [3.8, 4) is 0 Å². The monoisotopic (exact) mass is 348 g/mol. The Balaban J connectivity index is 1.87. The maximum absolute atomic E-state index is 14.3. The highest BCUT2D eigenvalue weighted by Crippen LogP contribution is 2.27. The second-order valence-electron chi connectivity index (χ2n) is 6.43. The zero-order valence-corrected chi connectivity index (χ0v) is 14.0. The highest BCUT2D eigenvalue weighted by atomic mass is 19.1. The quantitative estimate of drug-likeness (QED) is 0.788. The number of aromatic nitrogens is 2. The molecule has 2 aromatic rings. The number of amides is 1. The molecule has 134 valence electrons. The zero-order chi connectivity index (χ0) is 18.0. The smallest absolute Gasteiger partial charge is 0.404 e. The standard InChI is InChI=1S/C17H21FN4O3/c1-22-14(23)7-6-13-16(22)15(11(18)9-19-13)20-8-10-4-2-3-5-12(10)21-17(24)25/h6-7,9-10,12,21H,2-5,8H2,1H3,(H,19,20)(H,24,25). The van der Waals surface area contributed by atoms with Gasteiger partial charge >= 0.3 is 6.09 Å². The van der Waals surface area contributed by atoms with Gasteiger partial charge in [-0.15, -0.1) is 0 Å². The van der Waals surface area contributed by atoms with Crippen LogP contribution in [0.1, 0.15) is 25.7 Å². The van der Waals surface area contributed by atoms with Gasteiger partial charge in [0.15, 0.2) is 5.82 Å². The van der Waals surface area contributed by atoms with Gasteiger partial charge in [-0.05, 0) is 24.8 Å². The molecule has 0 saturated heterocycles. The fraction of sp³-hybridized carbons (Fsp3) is 0.471. The van der Waals surface area contributed by atoms with E-state index in [9.17, 15) is 14.0 Å². The molecule has 0 radical (unpaired) electrons. The van der Waals surface area contributed by atoms with Crippen LogP contribution in [-0.2, 0) is 7.05 Å². The largest absolute Gasteiger partial charge is 0.465 e. The zero-order valence-electron chi connectivity index (χ0n) is 14.0. The van der Waals surface area contributed by atoms with E-state index in [0.29, 0.717) is 17.6 Å². The summed E-state index contributed by atoms with van der Waals surface area (Å²) >= 11 is 0. The molecule has 8 heteroatoms. The third-order valence-electron chi connectivity index (χ3n) is 4.84. The number of pyridine rings is 2. The number of hydrogen-bond donors (Lipinski definition) is 3. The lowest BCUT2D eigenvalue weighted by Gasteiger charge is -2.31. The summed E-state index contributed by atoms with van der Waals surface area (Å²) in [4.78, 5) is 26.9. The van der Waals surface area contributed by atoms with E-state index in [1.165, 1.54) is 10.6 Å². The molecular formula is C17H21FN4O3. The summed E-state index contributed by atoms with van der Waals surface area (Å²) in [5, 5.41) is 14.6. The number of anilines is 1. The van der Waals surface area contributed by atoms with E-state index in [0.717, 1.165) is 31.9 Å². The molecule has 7 nitrogen and oxygen atoms in total. The lowest BCUT2D eigenvalue weighted by molar-refractivity contribution is 0.177. The number of hydrogen-bond acceptors (Lipinski definition) is 4. The second-order valence-corrected chi connectivity index (χ2v) is 6.43. The van der Waals surface area contributed by atoms with Gasteiger partial charge in [0.2, 0.25) is 0 Å². The van der Waals surface area contributed by atoms with Crippen LogP contribution >= 0.6 is 0 Å². The van der Waals surface area contributed by atoms with E-state index in [1.54, 1.807) is 13.1 Å². The molecule has 1 fully saturated rings. The van der Waals surface area contributed by atoms with Crippen molar-refractivity contribution in [1.82, 2.24) is 14.9 Å². The molecule has 2 heterocycles. The Morgan fingerprint density at radius 3 is 2.92 bits per heavy atom. The Hall–Kier alpha value is -2.64. The minimum absolute atomic E-state index is 0.0632. The summed E-state index contributed by atoms with van der Waals surface area (Å²) in [5.41, 5.74) is 0.914. The minimum Gasteiger partial charge on any atom is -0.465 e. The Kier molecular flexibility index (Phi) is 4.87. The van der Waals surface area contributed by atoms with Crippen molar-refractivity contribution in [3.05, 3.63) is 34.5 Å². The molecule has 25 heavy (non-hydrogen) atoms. The van der Waals surface area contributed by atoms with E-state index in [-0.39, 0.29) is 23.2 Å². The van der Waals surface area contributed by atoms with E-state index in [1.807, 2.05) is 0 Å². The first-order valence-corrected chi connectivity index (χ1v) is 8.35. The number of carboxylic acid groups (broad SMARTS) is 1. The summed E-state index contributed by atoms with van der Waals surface area (Å²) in [6.07, 6.45) is 3.71. The predicted molar refractivity (Wildman–Crippen MR) is 92.3 cm³/mol. The van der Waals surface area contributed by atoms with Gasteiger partial charge in [0.25, 0.3) is 5.56 Å². The van der Waals surface area contributed by atoms with Gasteiger partial charge in [-0.25, -0.2) is 9.18 Å². The Morgan fingerprint density at radius 2 is 2.16 bits per heavy atom. The van der Waals surface area contributed by atoms with Gasteiger partial charge in [-0.3, -0.25) is 9.78 Å². The van der Waals surface area contributed by atoms with Crippen LogP contribution in [0.5, 0.6) is 0 Å². The molecular weight excluding hydrogens is 327 g/mol. The van der Waals surface area contributed by atoms with Gasteiger partial charge in [0.05, 0.1) is 22.9 Å². The number of nitrogens with one attached hydrogen (secondary N) is 2. The van der Waals surface area contributed by atoms with Gasteiger partial charge in [-0.1, -0.05) is 12.8 Å². The van der Waals surface area contributed by atoms with Gasteiger partial charge in [0.1, 0.15) is 0 Å². The van der Waals surface area contributed by atoms with Crippen LogP contribution in [0, 0.1) is 11.7 Å². The number of aryl methyl sites for hydroxylation is 1. The highest BCUT2D eigenvalue weighted by Gasteiger charge is 2.27. The number of fused-ring (bicyclic) bond motifs is 1. The molecule has 0 aliphatic heterocycles. The van der Waals surface area contributed by atoms with Crippen LogP contribution in [0.4, 0.5) is 14.9 Å². The van der Waals surface area contributed by atoms with Crippen LogP contribution in [-0.4, -0.2) is 33.3 Å². The number of nitrogens with zero attached hydrogens (tertiary/aromatic N) is 2. The predicted octanol–water partition coefficient (Wildman–Crippen LogP) is 2.31. The number of halogens is 1. The average molecular weight is 348 g/mol. The van der Waals surface area contributed by atoms with Crippen LogP contribution in [0.15, 0.2) is 23.1 Å². The van der Waals surface area contributed by atoms with E-state index in [2.05, 4.69) is 15.6 Å². The normalized spacial score (nSPS) is 20.4. The molecule has 0 spiro atoms. The number of carbonyl (C=O) groups is 1. The maximum Gasteiger partial charge on any atom is 0.404 e. The first-order chi connectivity index (χ1) is 12.0. The first-order valence-electron chi connectivity index (χ1n) is 8.35. The molecule has 1 aliphatic carbocycles. The molecule has 1 amide bonds. The van der Waals surface area contributed by atoms with E-state index < -0.39 is 11.9 Å². The number of rotatable bonds is 4. The molecule has 0 bridgehead atoms. The van der Waals surface area contributed by atoms with Crippen molar-refractivity contribution in [1.29, 1.82) is 0 Å². The van der Waals surface area contributed by atoms with Crippen molar-refractivity contribution in [2.75, 3.05) is 11.9 Å². The maximum atomic E-state index is 14.3. The summed E-state index contributed by atoms with van der Waals surface area (Å²) in [5.74, 6) is -0.472. The summed E-state index contributed by atoms with van der Waals surface area (Å²) < 4.78 is 15.7. The Morgan fingerprint density at radius 1 is 1.40 bits per heavy atom. The second kappa shape index (κ2) is 7.08. The fourth-order valence-electron chi connectivity index (χ4n) is 3.53. The minimum atomic E-state index is -1.04. The Labute approximate surface area is 143 Å². The molecule has 1 saturated carbocycles. The molecule has 2 atom stereocenters. The SMILES string of the molecule is Cn1c(=O)ccc2ncc(F)c(NCC3CCCCC3NC(=O)O)c21. The summed E-state index contributed by atoms with van der Waals surface area (Å²) in [7, 11) is 1.58. The van der Waals surface area contributed by atoms with Crippen molar-refractivity contribution in [3.63, 3.8) is 0 Å². The van der Waals surface area contributed by atoms with E-state index >= 15 is 0 Å². The lowest BCUT2D eigenvalue weighted by Crippen LogP contribution is -2.44. The topological polar surface area (TPSA) is 96.3 Å². The average Bonchev–Trinajstić information content (AvgIpc) is 2.58. The van der Waals surface area contributed by atoms with Crippen LogP contribution in [0.25, 0.3) is 11.0 Å². The third kappa shape index (κ3) is 3.57. The van der Waals surface area contributed by atoms with Crippen molar-refractivity contribution in [2.45, 2.75) is 31.7 Å². The molecule has 3 rings (SSSR count). The lowest BCUT2D eigenvalue weighted by atomic mass is 9.84. The van der Waals surface area contributed by atoms with Crippen LogP contribution in [0.3, 0.4) is 0 Å². The Bertz CT molecular complexity index is 852. The third-order valence-corrected chi connectivity index (χ3v) is 4.84. The highest BCUT2D eigenvalue weighted by molar-refractivity contribution is 5.88. The van der Waals surface area contributed by atoms with Crippen molar-refractivity contribution in [2.24, 2.45) is 13.0 Å². The summed E-state index contributed by atoms with van der Waals surface area (Å²) in [6.45, 7) is 0.421. The fourth-order valence-corrected chi connectivity index (χ4v) is 3.53. The van der Waals surface area contributed by atoms with Crippen molar-refractivity contribution < 1.29 is 14.3 Å². The van der Waals surface area contributed by atoms with Crippen LogP contribution in [0.2, 0.25) is 0 Å². The molecule has 3 N–H and O–H groups in total. The van der Waals surface area contributed by atoms with Gasteiger partial charge < -0.3 is 20.3 Å². The molecule has 2 aromatic heterocycles. The molecule has 1 aliphatic rings. The van der Waals surface area contributed by atoms with Gasteiger partial charge in [-0.2, -0.15) is 0 Å². The summed E-state index contributed by atoms with van der Waals surface area (Å²) in [6, 6.07) is 2.81. The molecule has 0 aromatic carbocycles. The van der Waals surface area contributed by atoms with Crippen LogP contribution < -0.4 is 16.2 Å².